The zero-order valence-corrected chi connectivity index (χ0v) is 23.5. The molecule has 1 aromatic heterocycles. The number of hydrogen-bond donors (Lipinski definition) is 2. The van der Waals surface area contributed by atoms with Gasteiger partial charge in [-0.3, -0.25) is 9.59 Å². The predicted octanol–water partition coefficient (Wildman–Crippen LogP) is 4.62. The van der Waals surface area contributed by atoms with Crippen molar-refractivity contribution in [3.8, 4) is 0 Å². The summed E-state index contributed by atoms with van der Waals surface area (Å²) in [4.78, 5) is 32.4. The van der Waals surface area contributed by atoms with Crippen LogP contribution in [-0.4, -0.2) is 60.5 Å². The summed E-state index contributed by atoms with van der Waals surface area (Å²) in [6.07, 6.45) is -0.888. The Kier molecular flexibility index (Phi) is 8.37. The third kappa shape index (κ3) is 6.72. The predicted molar refractivity (Wildman–Crippen MR) is 148 cm³/mol. The largest absolute Gasteiger partial charge is 0.416 e. The summed E-state index contributed by atoms with van der Waals surface area (Å²) in [7, 11) is -3.65. The van der Waals surface area contributed by atoms with Crippen molar-refractivity contribution in [3.63, 3.8) is 0 Å². The van der Waals surface area contributed by atoms with E-state index in [0.29, 0.717) is 25.8 Å². The molecule has 5 rings (SSSR count). The maximum atomic E-state index is 13.5. The third-order valence-corrected chi connectivity index (χ3v) is 10.2. The maximum Gasteiger partial charge on any atom is 0.416 e. The van der Waals surface area contributed by atoms with Crippen LogP contribution >= 0.6 is 11.3 Å². The van der Waals surface area contributed by atoms with Crippen LogP contribution in [0.3, 0.4) is 0 Å². The van der Waals surface area contributed by atoms with Gasteiger partial charge in [-0.15, -0.1) is 11.3 Å². The molecule has 0 bridgehead atoms. The summed E-state index contributed by atoms with van der Waals surface area (Å²) in [6.45, 7) is 0.309. The molecule has 2 aliphatic rings. The molecule has 13 heteroatoms. The lowest BCUT2D eigenvalue weighted by Crippen LogP contribution is -2.51. The van der Waals surface area contributed by atoms with Gasteiger partial charge in [-0.1, -0.05) is 24.3 Å². The van der Waals surface area contributed by atoms with Gasteiger partial charge in [0.1, 0.15) is 6.04 Å². The molecule has 0 radical (unpaired) electrons. The number of rotatable bonds is 8. The quantitative estimate of drug-likeness (QED) is 0.388. The number of nitrogens with zero attached hydrogens (tertiary/aromatic N) is 2. The van der Waals surface area contributed by atoms with Gasteiger partial charge in [-0.25, -0.2) is 13.4 Å². The number of amides is 2. The van der Waals surface area contributed by atoms with Crippen molar-refractivity contribution in [2.75, 3.05) is 17.6 Å². The van der Waals surface area contributed by atoms with Gasteiger partial charge in [-0.05, 0) is 61.9 Å². The second-order valence-corrected chi connectivity index (χ2v) is 13.3. The molecule has 1 aliphatic carbocycles. The van der Waals surface area contributed by atoms with E-state index in [2.05, 4.69) is 15.6 Å². The minimum atomic E-state index is -4.60. The summed E-state index contributed by atoms with van der Waals surface area (Å²) in [5.74, 6) is -1.66. The summed E-state index contributed by atoms with van der Waals surface area (Å²) < 4.78 is 66.0. The zero-order chi connectivity index (χ0) is 29.2. The van der Waals surface area contributed by atoms with E-state index in [9.17, 15) is 31.2 Å². The molecular weight excluding hydrogens is 577 g/mol. The van der Waals surface area contributed by atoms with E-state index >= 15 is 0 Å². The molecule has 1 aliphatic heterocycles. The van der Waals surface area contributed by atoms with E-state index in [1.807, 2.05) is 5.38 Å². The Morgan fingerprint density at radius 1 is 1.07 bits per heavy atom. The first-order chi connectivity index (χ1) is 19.5. The Labute approximate surface area is 239 Å². The number of anilines is 1. The summed E-state index contributed by atoms with van der Waals surface area (Å²) >= 11 is 1.45. The normalized spacial score (nSPS) is 23.4. The Bertz CT molecular complexity index is 1480. The Morgan fingerprint density at radius 2 is 1.85 bits per heavy atom. The van der Waals surface area contributed by atoms with Gasteiger partial charge in [-0.2, -0.15) is 13.2 Å². The molecule has 2 heterocycles. The Balaban J connectivity index is 1.31. The Morgan fingerprint density at radius 3 is 2.56 bits per heavy atom. The number of carbonyl (C=O) groups is 2. The van der Waals surface area contributed by atoms with Crippen LogP contribution in [0.15, 0.2) is 71.1 Å². The highest BCUT2D eigenvalue weighted by molar-refractivity contribution is 7.91. The van der Waals surface area contributed by atoms with Crippen LogP contribution in [0, 0.1) is 5.92 Å². The van der Waals surface area contributed by atoms with E-state index in [0.717, 1.165) is 23.3 Å². The van der Waals surface area contributed by atoms with Crippen molar-refractivity contribution in [1.82, 2.24) is 15.2 Å². The van der Waals surface area contributed by atoms with Crippen molar-refractivity contribution < 1.29 is 31.2 Å². The molecule has 2 fully saturated rings. The maximum absolute atomic E-state index is 13.5. The van der Waals surface area contributed by atoms with E-state index in [4.69, 9.17) is 0 Å². The Hall–Kier alpha value is -3.45. The molecular formula is C28H29F3N4O4S2. The number of sulfone groups is 1. The van der Waals surface area contributed by atoms with Crippen molar-refractivity contribution >= 4 is 38.1 Å². The van der Waals surface area contributed by atoms with Crippen LogP contribution in [0.2, 0.25) is 0 Å². The number of halogens is 3. The van der Waals surface area contributed by atoms with Crippen molar-refractivity contribution in [1.29, 1.82) is 0 Å². The van der Waals surface area contributed by atoms with E-state index in [1.54, 1.807) is 41.4 Å². The van der Waals surface area contributed by atoms with Gasteiger partial charge in [0.15, 0.2) is 15.0 Å². The number of hydrogen-bond acceptors (Lipinski definition) is 7. The van der Waals surface area contributed by atoms with E-state index in [-0.39, 0.29) is 46.5 Å². The monoisotopic (exact) mass is 606 g/mol. The summed E-state index contributed by atoms with van der Waals surface area (Å²) in [6, 6.07) is 10.9. The SMILES string of the molecule is O=C(NC1CCN(C2CCC(Nc3nccs3)CC2CS(=O)(=O)c2ccccc2)C1=O)c1cccc(C(F)(F)F)c1. The minimum absolute atomic E-state index is 0.0255. The molecule has 2 aromatic carbocycles. The lowest BCUT2D eigenvalue weighted by atomic mass is 9.81. The van der Waals surface area contributed by atoms with Crippen LogP contribution in [0.5, 0.6) is 0 Å². The van der Waals surface area contributed by atoms with Gasteiger partial charge in [0.2, 0.25) is 5.91 Å². The third-order valence-electron chi connectivity index (χ3n) is 7.64. The first-order valence-electron chi connectivity index (χ1n) is 13.2. The fourth-order valence-electron chi connectivity index (χ4n) is 5.69. The lowest BCUT2D eigenvalue weighted by molar-refractivity contribution is -0.137. The van der Waals surface area contributed by atoms with Gasteiger partial charge >= 0.3 is 6.18 Å². The summed E-state index contributed by atoms with van der Waals surface area (Å²) in [5.41, 5.74) is -1.14. The molecule has 8 nitrogen and oxygen atoms in total. The second-order valence-electron chi connectivity index (χ2n) is 10.3. The highest BCUT2D eigenvalue weighted by atomic mass is 32.2. The average molecular weight is 607 g/mol. The van der Waals surface area contributed by atoms with Crippen molar-refractivity contribution in [2.45, 2.75) is 54.9 Å². The molecule has 41 heavy (non-hydrogen) atoms. The molecule has 4 atom stereocenters. The first kappa shape index (κ1) is 29.1. The molecule has 218 valence electrons. The lowest BCUT2D eigenvalue weighted by Gasteiger charge is -2.41. The van der Waals surface area contributed by atoms with Crippen molar-refractivity contribution in [3.05, 3.63) is 77.3 Å². The number of thiazole rings is 1. The number of nitrogens with one attached hydrogen (secondary N) is 2. The highest BCUT2D eigenvalue weighted by Crippen LogP contribution is 2.35. The van der Waals surface area contributed by atoms with Gasteiger partial charge < -0.3 is 15.5 Å². The van der Waals surface area contributed by atoms with E-state index in [1.165, 1.54) is 17.4 Å². The topological polar surface area (TPSA) is 108 Å². The fourth-order valence-corrected chi connectivity index (χ4v) is 7.98. The molecule has 1 saturated heterocycles. The van der Waals surface area contributed by atoms with Crippen molar-refractivity contribution in [2.24, 2.45) is 5.92 Å². The standard InChI is InChI=1S/C28H29F3N4O4S2/c29-28(30,31)20-6-4-5-18(15-20)25(36)34-23-11-13-35(26(23)37)24-10-9-21(33-27-32-12-14-40-27)16-19(24)17-41(38,39)22-7-2-1-3-8-22/h1-8,12,14-15,19,21,23-24H,9-11,13,16-17H2,(H,32,33)(H,34,36). The second kappa shape index (κ2) is 11.8. The van der Waals surface area contributed by atoms with Crippen LogP contribution in [-0.2, 0) is 20.8 Å². The van der Waals surface area contributed by atoms with E-state index < -0.39 is 33.5 Å². The molecule has 3 aromatic rings. The smallest absolute Gasteiger partial charge is 0.359 e. The van der Waals surface area contributed by atoms with Crippen LogP contribution in [0.25, 0.3) is 0 Å². The molecule has 0 spiro atoms. The average Bonchev–Trinajstić information content (AvgIpc) is 3.58. The number of carbonyl (C=O) groups excluding carboxylic acids is 2. The molecule has 2 amide bonds. The van der Waals surface area contributed by atoms with Crippen LogP contribution < -0.4 is 10.6 Å². The zero-order valence-electron chi connectivity index (χ0n) is 21.9. The number of alkyl halides is 3. The molecule has 4 unspecified atom stereocenters. The van der Waals surface area contributed by atoms with Gasteiger partial charge in [0.05, 0.1) is 16.2 Å². The number of aromatic nitrogens is 1. The van der Waals surface area contributed by atoms with Crippen LogP contribution in [0.1, 0.15) is 41.6 Å². The summed E-state index contributed by atoms with van der Waals surface area (Å²) in [5, 5.41) is 8.56. The molecule has 2 N–H and O–H groups in total. The number of benzene rings is 2. The fraction of sp³-hybridized carbons (Fsp3) is 0.393. The first-order valence-corrected chi connectivity index (χ1v) is 15.8. The highest BCUT2D eigenvalue weighted by Gasteiger charge is 2.44. The minimum Gasteiger partial charge on any atom is -0.359 e. The number of likely N-dealkylation sites (tertiary alicyclic amines) is 1. The van der Waals surface area contributed by atoms with Gasteiger partial charge in [0.25, 0.3) is 5.91 Å². The van der Waals surface area contributed by atoms with Gasteiger partial charge in [0, 0.05) is 35.8 Å². The van der Waals surface area contributed by atoms with Crippen LogP contribution in [0.4, 0.5) is 18.3 Å². The molecule has 1 saturated carbocycles.